The molecule has 1 rings (SSSR count). The average molecular weight is 214 g/mol. The number of carboxylic acids is 1. The number of carboxylic acid groups (broad SMARTS) is 1. The van der Waals surface area contributed by atoms with Crippen LogP contribution >= 0.6 is 0 Å². The van der Waals surface area contributed by atoms with Gasteiger partial charge in [0.05, 0.1) is 0 Å². The van der Waals surface area contributed by atoms with Crippen molar-refractivity contribution in [3.05, 3.63) is 0 Å². The van der Waals surface area contributed by atoms with Crippen molar-refractivity contribution in [3.8, 4) is 0 Å². The monoisotopic (exact) mass is 214 g/mol. The number of rotatable bonds is 2. The second-order valence-corrected chi connectivity index (χ2v) is 3.78. The van der Waals surface area contributed by atoms with E-state index < -0.39 is 12.0 Å². The van der Waals surface area contributed by atoms with E-state index >= 15 is 0 Å². The fourth-order valence-electron chi connectivity index (χ4n) is 1.43. The maximum atomic E-state index is 11.6. The highest BCUT2D eigenvalue weighted by Gasteiger charge is 2.35. The van der Waals surface area contributed by atoms with E-state index in [0.717, 1.165) is 4.90 Å². The predicted molar refractivity (Wildman–Crippen MR) is 51.0 cm³/mol. The summed E-state index contributed by atoms with van der Waals surface area (Å²) in [5.74, 6) is -2.03. The van der Waals surface area contributed by atoms with Crippen molar-refractivity contribution >= 4 is 17.8 Å². The van der Waals surface area contributed by atoms with Crippen LogP contribution in [0, 0.1) is 5.92 Å². The molecular formula is C9H14N2O4. The molecule has 0 aromatic rings. The maximum Gasteiger partial charge on any atom is 0.328 e. The van der Waals surface area contributed by atoms with E-state index in [0.29, 0.717) is 0 Å². The smallest absolute Gasteiger partial charge is 0.328 e. The Morgan fingerprint density at radius 2 is 2.13 bits per heavy atom. The lowest BCUT2D eigenvalue weighted by atomic mass is 10.1. The highest BCUT2D eigenvalue weighted by molar-refractivity contribution is 5.91. The molecule has 0 aromatic heterocycles. The minimum atomic E-state index is -1.09. The standard InChI is InChI=1S/C9H14N2O4/c1-5(2)8(13)11-4-7(12)10-3-6(11)9(14)15/h5-6H,3-4H2,1-2H3,(H,10,12)(H,14,15). The van der Waals surface area contributed by atoms with E-state index in [1.54, 1.807) is 13.8 Å². The van der Waals surface area contributed by atoms with Crippen molar-refractivity contribution in [1.29, 1.82) is 0 Å². The summed E-state index contributed by atoms with van der Waals surface area (Å²) in [6.45, 7) is 3.15. The molecule has 1 heterocycles. The quantitative estimate of drug-likeness (QED) is 0.620. The Hall–Kier alpha value is -1.59. The molecule has 1 fully saturated rings. The Kier molecular flexibility index (Phi) is 3.28. The summed E-state index contributed by atoms with van der Waals surface area (Å²) in [4.78, 5) is 34.7. The molecule has 0 radical (unpaired) electrons. The van der Waals surface area contributed by atoms with Crippen LogP contribution in [0.4, 0.5) is 0 Å². The van der Waals surface area contributed by atoms with E-state index in [-0.39, 0.29) is 30.8 Å². The molecule has 2 N–H and O–H groups in total. The van der Waals surface area contributed by atoms with Crippen molar-refractivity contribution < 1.29 is 19.5 Å². The Morgan fingerprint density at radius 1 is 1.53 bits per heavy atom. The lowest BCUT2D eigenvalue weighted by Crippen LogP contribution is -2.60. The number of nitrogens with one attached hydrogen (secondary N) is 1. The second-order valence-electron chi connectivity index (χ2n) is 3.78. The molecule has 0 aromatic carbocycles. The molecule has 1 aliphatic heterocycles. The molecular weight excluding hydrogens is 200 g/mol. The SMILES string of the molecule is CC(C)C(=O)N1CC(=O)NCC1C(=O)O. The van der Waals surface area contributed by atoms with E-state index in [2.05, 4.69) is 5.32 Å². The number of aliphatic carboxylic acids is 1. The van der Waals surface area contributed by atoms with Gasteiger partial charge in [0.2, 0.25) is 11.8 Å². The lowest BCUT2D eigenvalue weighted by molar-refractivity contribution is -0.155. The van der Waals surface area contributed by atoms with Gasteiger partial charge in [-0.25, -0.2) is 4.79 Å². The van der Waals surface area contributed by atoms with Crippen LogP contribution in [-0.2, 0) is 14.4 Å². The van der Waals surface area contributed by atoms with Crippen LogP contribution < -0.4 is 5.32 Å². The topological polar surface area (TPSA) is 86.7 Å². The predicted octanol–water partition coefficient (Wildman–Crippen LogP) is -0.946. The first kappa shape index (κ1) is 11.5. The van der Waals surface area contributed by atoms with Crippen LogP contribution in [0.3, 0.4) is 0 Å². The Labute approximate surface area is 87.2 Å². The fourth-order valence-corrected chi connectivity index (χ4v) is 1.43. The van der Waals surface area contributed by atoms with Gasteiger partial charge in [0.1, 0.15) is 12.6 Å². The molecule has 1 unspecified atom stereocenters. The Morgan fingerprint density at radius 3 is 2.60 bits per heavy atom. The van der Waals surface area contributed by atoms with Gasteiger partial charge in [-0.1, -0.05) is 13.8 Å². The van der Waals surface area contributed by atoms with Crippen molar-refractivity contribution in [2.75, 3.05) is 13.1 Å². The molecule has 1 atom stereocenters. The Balaban J connectivity index is 2.83. The normalized spacial score (nSPS) is 21.4. The van der Waals surface area contributed by atoms with E-state index in [1.165, 1.54) is 0 Å². The van der Waals surface area contributed by atoms with Crippen LogP contribution in [0.25, 0.3) is 0 Å². The number of amides is 2. The summed E-state index contributed by atoms with van der Waals surface area (Å²) in [5.41, 5.74) is 0. The highest BCUT2D eigenvalue weighted by atomic mass is 16.4. The van der Waals surface area contributed by atoms with Crippen LogP contribution in [0.5, 0.6) is 0 Å². The van der Waals surface area contributed by atoms with E-state index in [9.17, 15) is 14.4 Å². The van der Waals surface area contributed by atoms with Crippen molar-refractivity contribution in [2.45, 2.75) is 19.9 Å². The third-order valence-corrected chi connectivity index (χ3v) is 2.24. The molecule has 0 aliphatic carbocycles. The third-order valence-electron chi connectivity index (χ3n) is 2.24. The highest BCUT2D eigenvalue weighted by Crippen LogP contribution is 2.09. The summed E-state index contributed by atoms with van der Waals surface area (Å²) in [7, 11) is 0. The zero-order chi connectivity index (χ0) is 11.6. The minimum Gasteiger partial charge on any atom is -0.480 e. The summed E-state index contributed by atoms with van der Waals surface area (Å²) in [5, 5.41) is 11.3. The molecule has 0 bridgehead atoms. The summed E-state index contributed by atoms with van der Waals surface area (Å²) in [6, 6.07) is -0.947. The summed E-state index contributed by atoms with van der Waals surface area (Å²) < 4.78 is 0. The third kappa shape index (κ3) is 2.45. The molecule has 1 aliphatic rings. The van der Waals surface area contributed by atoms with Crippen LogP contribution in [0.2, 0.25) is 0 Å². The first-order valence-corrected chi connectivity index (χ1v) is 4.73. The van der Waals surface area contributed by atoms with Crippen molar-refractivity contribution in [1.82, 2.24) is 10.2 Å². The van der Waals surface area contributed by atoms with Crippen LogP contribution in [0.1, 0.15) is 13.8 Å². The van der Waals surface area contributed by atoms with Gasteiger partial charge in [-0.3, -0.25) is 9.59 Å². The lowest BCUT2D eigenvalue weighted by Gasteiger charge is -2.33. The van der Waals surface area contributed by atoms with Crippen LogP contribution in [0.15, 0.2) is 0 Å². The first-order chi connectivity index (χ1) is 6.93. The number of nitrogens with zero attached hydrogens (tertiary/aromatic N) is 1. The molecule has 0 saturated carbocycles. The molecule has 6 heteroatoms. The van der Waals surface area contributed by atoms with Gasteiger partial charge in [-0.15, -0.1) is 0 Å². The largest absolute Gasteiger partial charge is 0.480 e. The summed E-state index contributed by atoms with van der Waals surface area (Å²) >= 11 is 0. The molecule has 15 heavy (non-hydrogen) atoms. The van der Waals surface area contributed by atoms with Gasteiger partial charge in [-0.05, 0) is 0 Å². The van der Waals surface area contributed by atoms with E-state index in [1.807, 2.05) is 0 Å². The summed E-state index contributed by atoms with van der Waals surface area (Å²) in [6.07, 6.45) is 0. The van der Waals surface area contributed by atoms with Gasteiger partial charge in [0, 0.05) is 12.5 Å². The zero-order valence-electron chi connectivity index (χ0n) is 8.69. The average Bonchev–Trinajstić information content (AvgIpc) is 2.15. The molecule has 6 nitrogen and oxygen atoms in total. The number of carbonyl (C=O) groups is 3. The number of piperazine rings is 1. The molecule has 84 valence electrons. The number of hydrogen-bond acceptors (Lipinski definition) is 3. The first-order valence-electron chi connectivity index (χ1n) is 4.73. The van der Waals surface area contributed by atoms with Gasteiger partial charge in [0.25, 0.3) is 0 Å². The van der Waals surface area contributed by atoms with Gasteiger partial charge in [-0.2, -0.15) is 0 Å². The van der Waals surface area contributed by atoms with Gasteiger partial charge < -0.3 is 15.3 Å². The number of hydrogen-bond donors (Lipinski definition) is 2. The van der Waals surface area contributed by atoms with Gasteiger partial charge >= 0.3 is 5.97 Å². The van der Waals surface area contributed by atoms with Crippen molar-refractivity contribution in [3.63, 3.8) is 0 Å². The second kappa shape index (κ2) is 4.29. The molecule has 1 saturated heterocycles. The Bertz CT molecular complexity index is 300. The zero-order valence-corrected chi connectivity index (χ0v) is 8.69. The fraction of sp³-hybridized carbons (Fsp3) is 0.667. The molecule has 0 spiro atoms. The van der Waals surface area contributed by atoms with Crippen LogP contribution in [-0.4, -0.2) is 46.9 Å². The van der Waals surface area contributed by atoms with Crippen molar-refractivity contribution in [2.24, 2.45) is 5.92 Å². The molecule has 2 amide bonds. The maximum absolute atomic E-state index is 11.6. The minimum absolute atomic E-state index is 0.0212. The number of carbonyl (C=O) groups excluding carboxylic acids is 2. The van der Waals surface area contributed by atoms with E-state index in [4.69, 9.17) is 5.11 Å². The van der Waals surface area contributed by atoms with Gasteiger partial charge in [0.15, 0.2) is 0 Å².